The molecular weight excluding hydrogens is 294 g/mol. The van der Waals surface area contributed by atoms with Crippen molar-refractivity contribution in [3.8, 4) is 5.75 Å². The molecule has 0 atom stereocenters. The molecule has 4 heteroatoms. The van der Waals surface area contributed by atoms with Crippen LogP contribution in [0.3, 0.4) is 0 Å². The molecule has 0 saturated carbocycles. The third-order valence-corrected chi connectivity index (χ3v) is 3.11. The molecule has 2 rings (SSSR count). The Morgan fingerprint density at radius 2 is 1.89 bits per heavy atom. The maximum atomic E-state index is 11.1. The van der Waals surface area contributed by atoms with Gasteiger partial charge in [0.1, 0.15) is 12.4 Å². The molecule has 0 aliphatic carbocycles. The van der Waals surface area contributed by atoms with Gasteiger partial charge in [0.05, 0.1) is 5.56 Å². The molecule has 3 nitrogen and oxygen atoms in total. The lowest BCUT2D eigenvalue weighted by molar-refractivity contribution is 0.0999. The summed E-state index contributed by atoms with van der Waals surface area (Å²) in [7, 11) is 0. The van der Waals surface area contributed by atoms with E-state index in [1.165, 1.54) is 0 Å². The van der Waals surface area contributed by atoms with Gasteiger partial charge in [0, 0.05) is 4.47 Å². The Morgan fingerprint density at radius 3 is 2.50 bits per heavy atom. The van der Waals surface area contributed by atoms with Crippen LogP contribution in [-0.4, -0.2) is 5.91 Å². The summed E-state index contributed by atoms with van der Waals surface area (Å²) < 4.78 is 6.26. The van der Waals surface area contributed by atoms with Crippen molar-refractivity contribution in [1.29, 1.82) is 0 Å². The first-order valence-electron chi connectivity index (χ1n) is 5.43. The largest absolute Gasteiger partial charge is 0.489 e. The number of rotatable bonds is 4. The average molecular weight is 306 g/mol. The lowest BCUT2D eigenvalue weighted by atomic mass is 10.2. The van der Waals surface area contributed by atoms with E-state index in [0.717, 1.165) is 5.56 Å². The van der Waals surface area contributed by atoms with E-state index in [4.69, 9.17) is 10.5 Å². The monoisotopic (exact) mass is 305 g/mol. The number of carbonyl (C=O) groups is 1. The molecule has 0 spiro atoms. The molecule has 0 fully saturated rings. The second-order valence-electron chi connectivity index (χ2n) is 3.78. The Morgan fingerprint density at radius 1 is 1.17 bits per heavy atom. The highest BCUT2D eigenvalue weighted by atomic mass is 79.9. The summed E-state index contributed by atoms with van der Waals surface area (Å²) >= 11 is 3.29. The number of nitrogens with two attached hydrogens (primary N) is 1. The van der Waals surface area contributed by atoms with Crippen LogP contribution >= 0.6 is 15.9 Å². The third-order valence-electron chi connectivity index (χ3n) is 2.45. The summed E-state index contributed by atoms with van der Waals surface area (Å²) in [6.45, 7) is 0.489. The Kier molecular flexibility index (Phi) is 3.99. The number of carbonyl (C=O) groups excluding carboxylic acids is 1. The fraction of sp³-hybridized carbons (Fsp3) is 0.0714. The number of hydrogen-bond donors (Lipinski definition) is 1. The minimum Gasteiger partial charge on any atom is -0.489 e. The van der Waals surface area contributed by atoms with Gasteiger partial charge < -0.3 is 10.5 Å². The molecule has 0 aliphatic heterocycles. The molecule has 2 aromatic carbocycles. The molecule has 0 radical (unpaired) electrons. The van der Waals surface area contributed by atoms with E-state index in [9.17, 15) is 4.79 Å². The molecule has 0 bridgehead atoms. The van der Waals surface area contributed by atoms with Crippen molar-refractivity contribution in [1.82, 2.24) is 0 Å². The number of primary amides is 1. The number of hydrogen-bond acceptors (Lipinski definition) is 2. The van der Waals surface area contributed by atoms with Crippen LogP contribution in [0.2, 0.25) is 0 Å². The number of amides is 1. The van der Waals surface area contributed by atoms with Crippen molar-refractivity contribution in [2.45, 2.75) is 6.61 Å². The van der Waals surface area contributed by atoms with Gasteiger partial charge in [-0.15, -0.1) is 0 Å². The second kappa shape index (κ2) is 5.69. The van der Waals surface area contributed by atoms with Gasteiger partial charge in [0.15, 0.2) is 0 Å². The zero-order valence-electron chi connectivity index (χ0n) is 9.60. The van der Waals surface area contributed by atoms with Gasteiger partial charge in [-0.3, -0.25) is 4.79 Å². The van der Waals surface area contributed by atoms with Gasteiger partial charge >= 0.3 is 0 Å². The normalized spacial score (nSPS) is 10.1. The first-order valence-corrected chi connectivity index (χ1v) is 6.22. The zero-order valence-corrected chi connectivity index (χ0v) is 11.2. The zero-order chi connectivity index (χ0) is 13.0. The molecular formula is C14H12BrNO2. The summed E-state index contributed by atoms with van der Waals surface area (Å²) in [6.07, 6.45) is 0. The van der Waals surface area contributed by atoms with Gasteiger partial charge in [-0.25, -0.2) is 0 Å². The number of halogens is 1. The predicted molar refractivity (Wildman–Crippen MR) is 73.4 cm³/mol. The molecule has 0 unspecified atom stereocenters. The molecule has 2 aromatic rings. The lowest BCUT2D eigenvalue weighted by Gasteiger charge is -2.08. The van der Waals surface area contributed by atoms with E-state index < -0.39 is 5.91 Å². The van der Waals surface area contributed by atoms with Crippen LogP contribution in [0.5, 0.6) is 5.75 Å². The molecule has 18 heavy (non-hydrogen) atoms. The predicted octanol–water partition coefficient (Wildman–Crippen LogP) is 3.13. The Bertz CT molecular complexity index is 555. The molecule has 0 saturated heterocycles. The van der Waals surface area contributed by atoms with Crippen molar-refractivity contribution < 1.29 is 9.53 Å². The van der Waals surface area contributed by atoms with Gasteiger partial charge in [-0.05, 0) is 39.7 Å². The first kappa shape index (κ1) is 12.6. The smallest absolute Gasteiger partial charge is 0.249 e. The van der Waals surface area contributed by atoms with Gasteiger partial charge in [0.2, 0.25) is 5.91 Å². The van der Waals surface area contributed by atoms with Crippen LogP contribution in [0.1, 0.15) is 15.9 Å². The summed E-state index contributed by atoms with van der Waals surface area (Å²) in [4.78, 5) is 11.1. The maximum Gasteiger partial charge on any atom is 0.249 e. The summed E-state index contributed by atoms with van der Waals surface area (Å²) in [5.74, 6) is 0.229. The minimum atomic E-state index is -0.462. The van der Waals surface area contributed by atoms with Crippen LogP contribution in [0, 0.1) is 0 Å². The van der Waals surface area contributed by atoms with Gasteiger partial charge in [0.25, 0.3) is 0 Å². The first-order chi connectivity index (χ1) is 8.66. The van der Waals surface area contributed by atoms with Crippen molar-refractivity contribution in [3.63, 3.8) is 0 Å². The number of ether oxygens (including phenoxy) is 1. The van der Waals surface area contributed by atoms with Crippen molar-refractivity contribution in [2.75, 3.05) is 0 Å². The fourth-order valence-electron chi connectivity index (χ4n) is 1.53. The highest BCUT2D eigenvalue weighted by molar-refractivity contribution is 9.10. The third kappa shape index (κ3) is 3.11. The van der Waals surface area contributed by atoms with Crippen molar-refractivity contribution >= 4 is 21.8 Å². The van der Waals surface area contributed by atoms with Crippen LogP contribution in [0.4, 0.5) is 0 Å². The van der Waals surface area contributed by atoms with Crippen molar-refractivity contribution in [3.05, 3.63) is 64.1 Å². The molecule has 2 N–H and O–H groups in total. The average Bonchev–Trinajstić information content (AvgIpc) is 2.37. The Labute approximate surface area is 114 Å². The van der Waals surface area contributed by atoms with Crippen LogP contribution in [-0.2, 0) is 6.61 Å². The van der Waals surface area contributed by atoms with Crippen LogP contribution in [0.25, 0.3) is 0 Å². The maximum absolute atomic E-state index is 11.1. The van der Waals surface area contributed by atoms with Crippen LogP contribution < -0.4 is 10.5 Å². The Hall–Kier alpha value is -1.81. The van der Waals surface area contributed by atoms with E-state index in [-0.39, 0.29) is 0 Å². The molecule has 0 aromatic heterocycles. The fourth-order valence-corrected chi connectivity index (χ4v) is 2.08. The quantitative estimate of drug-likeness (QED) is 0.943. The van der Waals surface area contributed by atoms with E-state index in [1.807, 2.05) is 30.3 Å². The van der Waals surface area contributed by atoms with Crippen molar-refractivity contribution in [2.24, 2.45) is 5.73 Å². The van der Waals surface area contributed by atoms with Crippen LogP contribution in [0.15, 0.2) is 53.0 Å². The van der Waals surface area contributed by atoms with E-state index in [1.54, 1.807) is 18.2 Å². The standard InChI is InChI=1S/C14H12BrNO2/c15-13-8-11(6-7-12(13)14(16)17)18-9-10-4-2-1-3-5-10/h1-8H,9H2,(H2,16,17). The highest BCUT2D eigenvalue weighted by Crippen LogP contribution is 2.23. The van der Waals surface area contributed by atoms with E-state index >= 15 is 0 Å². The van der Waals surface area contributed by atoms with E-state index in [0.29, 0.717) is 22.4 Å². The van der Waals surface area contributed by atoms with Gasteiger partial charge in [-0.1, -0.05) is 30.3 Å². The summed E-state index contributed by atoms with van der Waals surface area (Å²) in [6, 6.07) is 15.0. The summed E-state index contributed by atoms with van der Waals surface area (Å²) in [5.41, 5.74) is 6.76. The summed E-state index contributed by atoms with van der Waals surface area (Å²) in [5, 5.41) is 0. The second-order valence-corrected chi connectivity index (χ2v) is 4.63. The number of benzene rings is 2. The molecule has 92 valence electrons. The molecule has 0 heterocycles. The SMILES string of the molecule is NC(=O)c1ccc(OCc2ccccc2)cc1Br. The minimum absolute atomic E-state index is 0.446. The van der Waals surface area contributed by atoms with E-state index in [2.05, 4.69) is 15.9 Å². The Balaban J connectivity index is 2.07. The molecule has 0 aliphatic rings. The molecule has 1 amide bonds. The lowest BCUT2D eigenvalue weighted by Crippen LogP contribution is -2.11. The highest BCUT2D eigenvalue weighted by Gasteiger charge is 2.07. The topological polar surface area (TPSA) is 52.3 Å². The van der Waals surface area contributed by atoms with Gasteiger partial charge in [-0.2, -0.15) is 0 Å².